The lowest BCUT2D eigenvalue weighted by molar-refractivity contribution is -0.122. The fourth-order valence-corrected chi connectivity index (χ4v) is 1.59. The van der Waals surface area contributed by atoms with E-state index in [0.717, 1.165) is 12.8 Å². The number of carbonyl (C=O) groups is 2. The molecule has 0 saturated carbocycles. The van der Waals surface area contributed by atoms with Crippen LogP contribution in [-0.4, -0.2) is 17.9 Å². The van der Waals surface area contributed by atoms with E-state index < -0.39 is 0 Å². The van der Waals surface area contributed by atoms with Crippen molar-refractivity contribution in [3.8, 4) is 0 Å². The Labute approximate surface area is 98.0 Å². The van der Waals surface area contributed by atoms with Gasteiger partial charge < -0.3 is 11.1 Å². The molecule has 94 valence electrons. The number of hydrogen-bond acceptors (Lipinski definition) is 2. The molecule has 0 bridgehead atoms. The number of rotatable bonds is 9. The van der Waals surface area contributed by atoms with Crippen molar-refractivity contribution in [3.63, 3.8) is 0 Å². The molecule has 2 amide bonds. The minimum atomic E-state index is -0.379. The number of hydrogen-bond donors (Lipinski definition) is 2. The van der Waals surface area contributed by atoms with E-state index in [1.807, 2.05) is 0 Å². The summed E-state index contributed by atoms with van der Waals surface area (Å²) < 4.78 is 0. The summed E-state index contributed by atoms with van der Waals surface area (Å²) in [7, 11) is 0. The fraction of sp³-hybridized carbons (Fsp3) is 0.833. The van der Waals surface area contributed by atoms with Crippen LogP contribution in [0.5, 0.6) is 0 Å². The highest BCUT2D eigenvalue weighted by Gasteiger charge is 2.09. The van der Waals surface area contributed by atoms with Crippen LogP contribution in [0.25, 0.3) is 0 Å². The van der Waals surface area contributed by atoms with Crippen molar-refractivity contribution < 1.29 is 9.59 Å². The fourth-order valence-electron chi connectivity index (χ4n) is 1.59. The van der Waals surface area contributed by atoms with Crippen LogP contribution in [0, 0.1) is 0 Å². The van der Waals surface area contributed by atoms with E-state index in [9.17, 15) is 9.59 Å². The predicted molar refractivity (Wildman–Crippen MR) is 64.8 cm³/mol. The molecule has 0 radical (unpaired) electrons. The van der Waals surface area contributed by atoms with Crippen LogP contribution < -0.4 is 11.1 Å². The van der Waals surface area contributed by atoms with Crippen molar-refractivity contribution in [3.05, 3.63) is 0 Å². The Kier molecular flexibility index (Phi) is 8.58. The van der Waals surface area contributed by atoms with Crippen molar-refractivity contribution in [1.82, 2.24) is 5.32 Å². The number of nitrogens with one attached hydrogen (secondary N) is 1. The van der Waals surface area contributed by atoms with Gasteiger partial charge in [-0.05, 0) is 13.3 Å². The maximum Gasteiger partial charge on any atom is 0.220 e. The first-order chi connectivity index (χ1) is 7.56. The average molecular weight is 228 g/mol. The molecule has 4 nitrogen and oxygen atoms in total. The molecule has 0 fully saturated rings. The second kappa shape index (κ2) is 9.19. The van der Waals surface area contributed by atoms with Gasteiger partial charge in [-0.2, -0.15) is 0 Å². The lowest BCUT2D eigenvalue weighted by atomic mass is 10.1. The zero-order valence-corrected chi connectivity index (χ0v) is 10.4. The Morgan fingerprint density at radius 3 is 2.38 bits per heavy atom. The molecule has 0 rings (SSSR count). The van der Waals surface area contributed by atoms with Gasteiger partial charge in [0.05, 0.1) is 0 Å². The van der Waals surface area contributed by atoms with Crippen molar-refractivity contribution in [2.24, 2.45) is 5.73 Å². The first-order valence-electron chi connectivity index (χ1n) is 6.14. The zero-order chi connectivity index (χ0) is 12.4. The molecule has 0 aromatic carbocycles. The smallest absolute Gasteiger partial charge is 0.220 e. The molecular weight excluding hydrogens is 204 g/mol. The summed E-state index contributed by atoms with van der Waals surface area (Å²) in [5.41, 5.74) is 5.03. The summed E-state index contributed by atoms with van der Waals surface area (Å²) in [6.45, 7) is 3.96. The van der Waals surface area contributed by atoms with Gasteiger partial charge in [0.15, 0.2) is 0 Å². The van der Waals surface area contributed by atoms with Gasteiger partial charge in [-0.25, -0.2) is 0 Å². The van der Waals surface area contributed by atoms with E-state index in [1.54, 1.807) is 6.92 Å². The van der Waals surface area contributed by atoms with E-state index in [0.29, 0.717) is 6.42 Å². The Bertz CT molecular complexity index is 217. The maximum atomic E-state index is 11.4. The second-order valence-corrected chi connectivity index (χ2v) is 4.30. The van der Waals surface area contributed by atoms with Gasteiger partial charge in [0.25, 0.3) is 0 Å². The van der Waals surface area contributed by atoms with Crippen LogP contribution >= 0.6 is 0 Å². The van der Waals surface area contributed by atoms with E-state index in [-0.39, 0.29) is 24.3 Å². The number of amides is 2. The third-order valence-electron chi connectivity index (χ3n) is 2.42. The standard InChI is InChI=1S/C12H24N2O2/c1-3-4-5-6-7-8-12(16)14-10(2)9-11(13)15/h10H,3-9H2,1-2H3,(H2,13,15)(H,14,16)/t10-/m0/s1. The van der Waals surface area contributed by atoms with Crippen LogP contribution in [0.2, 0.25) is 0 Å². The maximum absolute atomic E-state index is 11.4. The number of nitrogens with two attached hydrogens (primary N) is 1. The molecule has 0 heterocycles. The Balaban J connectivity index is 3.47. The van der Waals surface area contributed by atoms with Gasteiger partial charge in [0, 0.05) is 18.9 Å². The van der Waals surface area contributed by atoms with E-state index in [4.69, 9.17) is 5.73 Å². The molecule has 0 unspecified atom stereocenters. The van der Waals surface area contributed by atoms with Gasteiger partial charge in [-0.3, -0.25) is 9.59 Å². The third kappa shape index (κ3) is 9.49. The highest BCUT2D eigenvalue weighted by Crippen LogP contribution is 2.05. The van der Waals surface area contributed by atoms with E-state index in [2.05, 4.69) is 12.2 Å². The molecule has 0 saturated heterocycles. The average Bonchev–Trinajstić information content (AvgIpc) is 2.15. The molecule has 0 aromatic rings. The van der Waals surface area contributed by atoms with Crippen LogP contribution in [0.15, 0.2) is 0 Å². The van der Waals surface area contributed by atoms with Crippen molar-refractivity contribution >= 4 is 11.8 Å². The minimum absolute atomic E-state index is 0.0187. The SMILES string of the molecule is CCCCCCCC(=O)N[C@@H](C)CC(N)=O. The Morgan fingerprint density at radius 1 is 1.19 bits per heavy atom. The van der Waals surface area contributed by atoms with Gasteiger partial charge >= 0.3 is 0 Å². The lowest BCUT2D eigenvalue weighted by Gasteiger charge is -2.11. The molecule has 0 aliphatic rings. The van der Waals surface area contributed by atoms with Crippen LogP contribution in [0.3, 0.4) is 0 Å². The highest BCUT2D eigenvalue weighted by atomic mass is 16.2. The number of unbranched alkanes of at least 4 members (excludes halogenated alkanes) is 4. The summed E-state index contributed by atoms with van der Waals surface area (Å²) in [5.74, 6) is -0.360. The first-order valence-corrected chi connectivity index (χ1v) is 6.14. The summed E-state index contributed by atoms with van der Waals surface area (Å²) in [6, 6.07) is -0.152. The van der Waals surface area contributed by atoms with E-state index in [1.165, 1.54) is 19.3 Å². The Hall–Kier alpha value is -1.06. The van der Waals surface area contributed by atoms with Crippen LogP contribution in [-0.2, 0) is 9.59 Å². The molecule has 0 aliphatic heterocycles. The predicted octanol–water partition coefficient (Wildman–Crippen LogP) is 1.73. The van der Waals surface area contributed by atoms with Gasteiger partial charge in [0.2, 0.25) is 11.8 Å². The second-order valence-electron chi connectivity index (χ2n) is 4.30. The zero-order valence-electron chi connectivity index (χ0n) is 10.4. The summed E-state index contributed by atoms with van der Waals surface area (Å²) in [4.78, 5) is 22.0. The summed E-state index contributed by atoms with van der Waals surface area (Å²) in [6.07, 6.45) is 6.43. The van der Waals surface area contributed by atoms with Gasteiger partial charge in [-0.15, -0.1) is 0 Å². The molecule has 16 heavy (non-hydrogen) atoms. The topological polar surface area (TPSA) is 72.2 Å². The minimum Gasteiger partial charge on any atom is -0.370 e. The van der Waals surface area contributed by atoms with Gasteiger partial charge in [-0.1, -0.05) is 32.6 Å². The molecule has 0 aromatic heterocycles. The van der Waals surface area contributed by atoms with Crippen molar-refractivity contribution in [2.45, 2.75) is 64.8 Å². The van der Waals surface area contributed by atoms with Crippen molar-refractivity contribution in [1.29, 1.82) is 0 Å². The number of primary amides is 1. The molecule has 0 spiro atoms. The largest absolute Gasteiger partial charge is 0.370 e. The highest BCUT2D eigenvalue weighted by molar-refractivity contribution is 5.78. The first kappa shape index (κ1) is 14.9. The summed E-state index contributed by atoms with van der Waals surface area (Å²) >= 11 is 0. The Morgan fingerprint density at radius 2 is 1.81 bits per heavy atom. The third-order valence-corrected chi connectivity index (χ3v) is 2.42. The molecule has 0 aliphatic carbocycles. The lowest BCUT2D eigenvalue weighted by Crippen LogP contribution is -2.35. The van der Waals surface area contributed by atoms with Gasteiger partial charge in [0.1, 0.15) is 0 Å². The van der Waals surface area contributed by atoms with Crippen LogP contribution in [0.1, 0.15) is 58.8 Å². The molecule has 1 atom stereocenters. The summed E-state index contributed by atoms with van der Waals surface area (Å²) in [5, 5.41) is 2.76. The van der Waals surface area contributed by atoms with E-state index >= 15 is 0 Å². The molecule has 3 N–H and O–H groups in total. The van der Waals surface area contributed by atoms with Crippen LogP contribution in [0.4, 0.5) is 0 Å². The quantitative estimate of drug-likeness (QED) is 0.590. The number of carbonyl (C=O) groups excluding carboxylic acids is 2. The van der Waals surface area contributed by atoms with Crippen molar-refractivity contribution in [2.75, 3.05) is 0 Å². The normalized spacial score (nSPS) is 12.1. The monoisotopic (exact) mass is 228 g/mol. The molecule has 4 heteroatoms. The molecular formula is C12H24N2O2.